The van der Waals surface area contributed by atoms with E-state index in [9.17, 15) is 4.39 Å². The average molecular weight is 193 g/mol. The number of nitrogens with two attached hydrogens (primary N) is 1. The van der Waals surface area contributed by atoms with E-state index in [4.69, 9.17) is 5.73 Å². The van der Waals surface area contributed by atoms with Crippen molar-refractivity contribution in [3.8, 4) is 5.69 Å². The monoisotopic (exact) mass is 193 g/mol. The Hall–Kier alpha value is -1.82. The molecule has 0 fully saturated rings. The molecule has 1 heterocycles. The molecule has 72 valence electrons. The minimum Gasteiger partial charge on any atom is -0.326 e. The van der Waals surface area contributed by atoms with Crippen LogP contribution in [0.25, 0.3) is 5.69 Å². The first-order chi connectivity index (χ1) is 6.81. The highest BCUT2D eigenvalue weighted by atomic mass is 19.1. The van der Waals surface area contributed by atoms with Gasteiger partial charge in [0.25, 0.3) is 0 Å². The van der Waals surface area contributed by atoms with Crippen LogP contribution < -0.4 is 5.73 Å². The van der Waals surface area contributed by atoms with Gasteiger partial charge in [-0.25, -0.2) is 4.39 Å². The third kappa shape index (κ3) is 1.47. The van der Waals surface area contributed by atoms with E-state index in [1.165, 1.54) is 17.1 Å². The largest absolute Gasteiger partial charge is 0.326 e. The molecule has 0 atom stereocenters. The molecule has 2 aromatic rings. The molecule has 0 unspecified atom stereocenters. The lowest BCUT2D eigenvalue weighted by molar-refractivity contribution is 0.606. The first-order valence-electron chi connectivity index (χ1n) is 4.03. The molecule has 0 amide bonds. The van der Waals surface area contributed by atoms with Crippen LogP contribution in [0.2, 0.25) is 0 Å². The maximum absolute atomic E-state index is 13.3. The van der Waals surface area contributed by atoms with Crippen LogP contribution >= 0.6 is 0 Å². The Bertz CT molecular complexity index is 425. The Balaban J connectivity index is 2.51. The van der Waals surface area contributed by atoms with Gasteiger partial charge in [-0.2, -0.15) is 4.68 Å². The van der Waals surface area contributed by atoms with Crippen molar-refractivity contribution >= 4 is 0 Å². The lowest BCUT2D eigenvalue weighted by Crippen LogP contribution is -2.02. The van der Waals surface area contributed by atoms with Gasteiger partial charge in [0.05, 0.1) is 0 Å². The summed E-state index contributed by atoms with van der Waals surface area (Å²) in [7, 11) is 0. The minimum atomic E-state index is -0.380. The number of halogens is 1. The molecule has 0 spiro atoms. The third-order valence-corrected chi connectivity index (χ3v) is 1.84. The van der Waals surface area contributed by atoms with Crippen molar-refractivity contribution in [2.45, 2.75) is 6.54 Å². The van der Waals surface area contributed by atoms with Crippen LogP contribution in [0.3, 0.4) is 0 Å². The summed E-state index contributed by atoms with van der Waals surface area (Å²) in [6.45, 7) is 0.357. The van der Waals surface area contributed by atoms with Crippen LogP contribution in [0, 0.1) is 5.82 Å². The summed E-state index contributed by atoms with van der Waals surface area (Å²) in [4.78, 5) is 0. The van der Waals surface area contributed by atoms with Crippen LogP contribution in [0.15, 0.2) is 24.5 Å². The van der Waals surface area contributed by atoms with Gasteiger partial charge in [-0.3, -0.25) is 0 Å². The van der Waals surface area contributed by atoms with E-state index in [0.29, 0.717) is 12.2 Å². The molecule has 0 saturated carbocycles. The Kier molecular flexibility index (Phi) is 2.19. The smallest absolute Gasteiger partial charge is 0.149 e. The van der Waals surface area contributed by atoms with Gasteiger partial charge < -0.3 is 5.73 Å². The van der Waals surface area contributed by atoms with E-state index in [0.717, 1.165) is 5.56 Å². The zero-order chi connectivity index (χ0) is 9.97. The van der Waals surface area contributed by atoms with Crippen molar-refractivity contribution in [1.82, 2.24) is 20.2 Å². The molecular weight excluding hydrogens is 185 g/mol. The van der Waals surface area contributed by atoms with Gasteiger partial charge in [-0.15, -0.1) is 5.10 Å². The zero-order valence-electron chi connectivity index (χ0n) is 7.26. The third-order valence-electron chi connectivity index (χ3n) is 1.84. The molecule has 0 aliphatic rings. The second kappa shape index (κ2) is 3.51. The van der Waals surface area contributed by atoms with Gasteiger partial charge in [-0.1, -0.05) is 6.07 Å². The fourth-order valence-corrected chi connectivity index (χ4v) is 1.13. The van der Waals surface area contributed by atoms with Gasteiger partial charge in [0.15, 0.2) is 0 Å². The van der Waals surface area contributed by atoms with Gasteiger partial charge in [0.1, 0.15) is 17.8 Å². The molecule has 0 aliphatic carbocycles. The predicted molar refractivity (Wildman–Crippen MR) is 47.0 cm³/mol. The molecule has 0 aliphatic heterocycles. The van der Waals surface area contributed by atoms with Gasteiger partial charge in [-0.05, 0) is 28.1 Å². The Labute approximate surface area is 79.3 Å². The fourth-order valence-electron chi connectivity index (χ4n) is 1.13. The second-order valence-electron chi connectivity index (χ2n) is 2.74. The summed E-state index contributed by atoms with van der Waals surface area (Å²) >= 11 is 0. The van der Waals surface area contributed by atoms with Crippen molar-refractivity contribution in [2.75, 3.05) is 0 Å². The molecule has 6 heteroatoms. The summed E-state index contributed by atoms with van der Waals surface area (Å²) in [5.74, 6) is -0.380. The fraction of sp³-hybridized carbons (Fsp3) is 0.125. The van der Waals surface area contributed by atoms with Crippen molar-refractivity contribution in [1.29, 1.82) is 0 Å². The Morgan fingerprint density at radius 3 is 2.93 bits per heavy atom. The van der Waals surface area contributed by atoms with E-state index in [1.807, 2.05) is 0 Å². The number of aromatic nitrogens is 4. The maximum atomic E-state index is 13.3. The molecule has 1 aromatic carbocycles. The molecule has 0 bridgehead atoms. The van der Waals surface area contributed by atoms with Crippen LogP contribution in [-0.2, 0) is 6.54 Å². The van der Waals surface area contributed by atoms with E-state index < -0.39 is 0 Å². The van der Waals surface area contributed by atoms with Crippen molar-refractivity contribution in [2.24, 2.45) is 5.73 Å². The van der Waals surface area contributed by atoms with E-state index in [1.54, 1.807) is 12.1 Å². The minimum absolute atomic E-state index is 0.304. The van der Waals surface area contributed by atoms with Crippen LogP contribution in [0.5, 0.6) is 0 Å². The lowest BCUT2D eigenvalue weighted by atomic mass is 10.2. The normalized spacial score (nSPS) is 10.4. The van der Waals surface area contributed by atoms with E-state index in [-0.39, 0.29) is 5.82 Å². The maximum Gasteiger partial charge on any atom is 0.149 e. The number of tetrazole rings is 1. The summed E-state index contributed by atoms with van der Waals surface area (Å²) in [6, 6.07) is 4.59. The number of nitrogens with zero attached hydrogens (tertiary/aromatic N) is 4. The topological polar surface area (TPSA) is 69.6 Å². The molecule has 5 nitrogen and oxygen atoms in total. The highest BCUT2D eigenvalue weighted by Crippen LogP contribution is 2.13. The van der Waals surface area contributed by atoms with Gasteiger partial charge >= 0.3 is 0 Å². The van der Waals surface area contributed by atoms with Crippen LogP contribution in [-0.4, -0.2) is 20.2 Å². The molecule has 14 heavy (non-hydrogen) atoms. The van der Waals surface area contributed by atoms with E-state index in [2.05, 4.69) is 15.5 Å². The molecule has 0 radical (unpaired) electrons. The number of rotatable bonds is 2. The molecular formula is C8H8FN5. The lowest BCUT2D eigenvalue weighted by Gasteiger charge is -2.03. The number of hydrogen-bond acceptors (Lipinski definition) is 4. The highest BCUT2D eigenvalue weighted by Gasteiger charge is 2.05. The first kappa shape index (κ1) is 8.76. The standard InChI is InChI=1S/C8H8FN5/c9-7-2-1-6(4-10)3-8(7)14-5-11-12-13-14/h1-3,5H,4,10H2. The Morgan fingerprint density at radius 1 is 1.43 bits per heavy atom. The van der Waals surface area contributed by atoms with Gasteiger partial charge in [0.2, 0.25) is 0 Å². The average Bonchev–Trinajstić information content (AvgIpc) is 2.71. The van der Waals surface area contributed by atoms with Gasteiger partial charge in [0, 0.05) is 6.54 Å². The van der Waals surface area contributed by atoms with E-state index >= 15 is 0 Å². The molecule has 2 N–H and O–H groups in total. The highest BCUT2D eigenvalue weighted by molar-refractivity contribution is 5.36. The summed E-state index contributed by atoms with van der Waals surface area (Å²) in [5, 5.41) is 10.5. The second-order valence-corrected chi connectivity index (χ2v) is 2.74. The first-order valence-corrected chi connectivity index (χ1v) is 4.03. The van der Waals surface area contributed by atoms with Crippen LogP contribution in [0.1, 0.15) is 5.56 Å². The Morgan fingerprint density at radius 2 is 2.29 bits per heavy atom. The number of benzene rings is 1. The van der Waals surface area contributed by atoms with Crippen molar-refractivity contribution < 1.29 is 4.39 Å². The number of hydrogen-bond donors (Lipinski definition) is 1. The molecule has 0 saturated heterocycles. The predicted octanol–water partition coefficient (Wildman–Crippen LogP) is 0.260. The molecule has 1 aromatic heterocycles. The summed E-state index contributed by atoms with van der Waals surface area (Å²) < 4.78 is 14.6. The van der Waals surface area contributed by atoms with Crippen molar-refractivity contribution in [3.63, 3.8) is 0 Å². The van der Waals surface area contributed by atoms with Crippen LogP contribution in [0.4, 0.5) is 4.39 Å². The SMILES string of the molecule is NCc1ccc(F)c(-n2cnnn2)c1. The van der Waals surface area contributed by atoms with Crippen molar-refractivity contribution in [3.05, 3.63) is 35.9 Å². The summed E-state index contributed by atoms with van der Waals surface area (Å²) in [5.41, 5.74) is 6.57. The summed E-state index contributed by atoms with van der Waals surface area (Å²) in [6.07, 6.45) is 1.33. The zero-order valence-corrected chi connectivity index (χ0v) is 7.26. The quantitative estimate of drug-likeness (QED) is 0.742. The molecule has 2 rings (SSSR count).